The van der Waals surface area contributed by atoms with Gasteiger partial charge >= 0.3 is 5.13 Å². The highest BCUT2D eigenvalue weighted by atomic mass is 32.1. The summed E-state index contributed by atoms with van der Waals surface area (Å²) >= 11 is 1.38. The standard InChI is InChI=1S/C19H26N8OS/c1-6-26(7-2)15-9-10-16(17(13-15)21-14(3)28)22-23-18-27(12-8-11-20)24-19(29-18)25(4)5/h9-10,13H,6-8,12H2,1-5H3/p+1. The summed E-state index contributed by atoms with van der Waals surface area (Å²) in [6, 6.07) is 7.84. The Morgan fingerprint density at radius 2 is 2.03 bits per heavy atom. The summed E-state index contributed by atoms with van der Waals surface area (Å²) in [5, 5.41) is 26.3. The lowest BCUT2D eigenvalue weighted by molar-refractivity contribution is -0.735. The first kappa shape index (κ1) is 22.2. The average Bonchev–Trinajstić information content (AvgIpc) is 3.09. The van der Waals surface area contributed by atoms with Crippen LogP contribution in [0, 0.1) is 11.3 Å². The molecule has 0 atom stereocenters. The van der Waals surface area contributed by atoms with Crippen molar-refractivity contribution in [3.8, 4) is 6.07 Å². The second-order valence-corrected chi connectivity index (χ2v) is 7.38. The number of nitrogens with zero attached hydrogens (tertiary/aromatic N) is 7. The zero-order valence-corrected chi connectivity index (χ0v) is 18.3. The molecule has 0 aliphatic carbocycles. The Balaban J connectivity index is 2.40. The van der Waals surface area contributed by atoms with Gasteiger partial charge in [-0.2, -0.15) is 5.26 Å². The van der Waals surface area contributed by atoms with Crippen molar-refractivity contribution < 1.29 is 9.48 Å². The summed E-state index contributed by atoms with van der Waals surface area (Å²) in [6.45, 7) is 7.80. The maximum absolute atomic E-state index is 11.7. The lowest BCUT2D eigenvalue weighted by Gasteiger charge is -2.21. The van der Waals surface area contributed by atoms with E-state index in [2.05, 4.69) is 45.5 Å². The van der Waals surface area contributed by atoms with Crippen LogP contribution >= 0.6 is 11.3 Å². The molecule has 154 valence electrons. The van der Waals surface area contributed by atoms with Crippen molar-refractivity contribution in [1.82, 2.24) is 5.10 Å². The largest absolute Gasteiger partial charge is 0.432 e. The first-order valence-corrected chi connectivity index (χ1v) is 10.2. The van der Waals surface area contributed by atoms with Gasteiger partial charge in [0.25, 0.3) is 0 Å². The predicted octanol–water partition coefficient (Wildman–Crippen LogP) is 3.63. The van der Waals surface area contributed by atoms with E-state index in [0.717, 1.165) is 23.9 Å². The number of azo groups is 1. The van der Waals surface area contributed by atoms with Crippen molar-refractivity contribution in [2.45, 2.75) is 33.7 Å². The molecule has 1 aromatic carbocycles. The minimum Gasteiger partial charge on any atom is -0.372 e. The van der Waals surface area contributed by atoms with E-state index >= 15 is 0 Å². The molecular formula is C19H27N8OS+. The van der Waals surface area contributed by atoms with Gasteiger partial charge in [-0.3, -0.25) is 4.79 Å². The molecule has 0 radical (unpaired) electrons. The van der Waals surface area contributed by atoms with E-state index in [9.17, 15) is 4.79 Å². The van der Waals surface area contributed by atoms with Gasteiger partial charge in [0.1, 0.15) is 12.2 Å². The van der Waals surface area contributed by atoms with Crippen LogP contribution in [0.4, 0.5) is 27.3 Å². The van der Waals surface area contributed by atoms with Crippen molar-refractivity contribution in [2.24, 2.45) is 10.2 Å². The fourth-order valence-corrected chi connectivity index (χ4v) is 3.44. The van der Waals surface area contributed by atoms with E-state index in [1.165, 1.54) is 18.3 Å². The van der Waals surface area contributed by atoms with Gasteiger partial charge in [0.2, 0.25) is 11.0 Å². The number of hydrogen-bond acceptors (Lipinski definition) is 8. The number of anilines is 3. The molecule has 0 saturated carbocycles. The molecule has 1 aromatic heterocycles. The summed E-state index contributed by atoms with van der Waals surface area (Å²) in [5.41, 5.74) is 2.17. The Bertz CT molecular complexity index is 911. The number of nitriles is 1. The number of amides is 1. The Labute approximate surface area is 175 Å². The van der Waals surface area contributed by atoms with Crippen molar-refractivity contribution >= 4 is 44.6 Å². The van der Waals surface area contributed by atoms with Crippen LogP contribution < -0.4 is 19.8 Å². The van der Waals surface area contributed by atoms with E-state index in [1.807, 2.05) is 37.2 Å². The van der Waals surface area contributed by atoms with E-state index in [1.54, 1.807) is 4.68 Å². The summed E-state index contributed by atoms with van der Waals surface area (Å²) < 4.78 is 1.68. The van der Waals surface area contributed by atoms with Crippen LogP contribution in [0.5, 0.6) is 0 Å². The van der Waals surface area contributed by atoms with Crippen molar-refractivity contribution in [3.05, 3.63) is 18.2 Å². The number of aromatic nitrogens is 2. The molecule has 0 saturated heterocycles. The van der Waals surface area contributed by atoms with Crippen molar-refractivity contribution in [3.63, 3.8) is 0 Å². The van der Waals surface area contributed by atoms with E-state index in [-0.39, 0.29) is 5.91 Å². The number of carbonyl (C=O) groups excluding carboxylic acids is 1. The zero-order valence-electron chi connectivity index (χ0n) is 17.5. The van der Waals surface area contributed by atoms with Gasteiger partial charge in [-0.1, -0.05) is 5.10 Å². The summed E-state index contributed by atoms with van der Waals surface area (Å²) in [7, 11) is 3.80. The molecular weight excluding hydrogens is 388 g/mol. The Morgan fingerprint density at radius 3 is 2.62 bits per heavy atom. The van der Waals surface area contributed by atoms with E-state index in [0.29, 0.717) is 29.5 Å². The van der Waals surface area contributed by atoms with Crippen LogP contribution in [-0.2, 0) is 11.3 Å². The minimum atomic E-state index is -0.171. The topological polar surface area (TPSA) is 101 Å². The molecule has 0 aliphatic rings. The fraction of sp³-hybridized carbons (Fsp3) is 0.474. The van der Waals surface area contributed by atoms with Crippen LogP contribution in [0.25, 0.3) is 0 Å². The van der Waals surface area contributed by atoms with Gasteiger partial charge in [-0.05, 0) is 48.5 Å². The SMILES string of the molecule is CCN(CC)c1ccc(N=Nc2sc(N(C)C)n[n+]2CCC#N)c(NC(C)=O)c1. The van der Waals surface area contributed by atoms with Crippen LogP contribution in [0.1, 0.15) is 27.2 Å². The highest BCUT2D eigenvalue weighted by Crippen LogP contribution is 2.32. The Hall–Kier alpha value is -3.06. The number of carbonyl (C=O) groups is 1. The first-order valence-electron chi connectivity index (χ1n) is 9.43. The molecule has 9 nitrogen and oxygen atoms in total. The third-order valence-electron chi connectivity index (χ3n) is 4.09. The Morgan fingerprint density at radius 1 is 1.31 bits per heavy atom. The summed E-state index contributed by atoms with van der Waals surface area (Å²) in [4.78, 5) is 15.7. The highest BCUT2D eigenvalue weighted by molar-refractivity contribution is 7.18. The van der Waals surface area contributed by atoms with Gasteiger partial charge in [0, 0.05) is 39.8 Å². The van der Waals surface area contributed by atoms with Crippen molar-refractivity contribution in [2.75, 3.05) is 42.3 Å². The number of aryl methyl sites for hydroxylation is 1. The van der Waals surface area contributed by atoms with Gasteiger partial charge < -0.3 is 15.1 Å². The molecule has 0 aliphatic heterocycles. The molecule has 1 amide bonds. The zero-order chi connectivity index (χ0) is 21.4. The van der Waals surface area contributed by atoms with Crippen molar-refractivity contribution in [1.29, 1.82) is 5.26 Å². The predicted molar refractivity (Wildman–Crippen MR) is 115 cm³/mol. The lowest BCUT2D eigenvalue weighted by Crippen LogP contribution is -2.35. The smallest absolute Gasteiger partial charge is 0.372 e. The number of nitrogens with one attached hydrogen (secondary N) is 1. The molecule has 1 heterocycles. The highest BCUT2D eigenvalue weighted by Gasteiger charge is 2.20. The Kier molecular flexibility index (Phi) is 8.03. The normalized spacial score (nSPS) is 10.8. The molecule has 0 fully saturated rings. The number of benzene rings is 1. The quantitative estimate of drug-likeness (QED) is 0.498. The molecule has 0 spiro atoms. The minimum absolute atomic E-state index is 0.171. The third kappa shape index (κ3) is 5.96. The molecule has 29 heavy (non-hydrogen) atoms. The summed E-state index contributed by atoms with van der Waals surface area (Å²) in [6.07, 6.45) is 0.333. The molecule has 10 heteroatoms. The molecule has 2 aromatic rings. The van der Waals surface area contributed by atoms with E-state index in [4.69, 9.17) is 5.26 Å². The van der Waals surface area contributed by atoms with Gasteiger partial charge in [0.05, 0.1) is 23.3 Å². The van der Waals surface area contributed by atoms with E-state index < -0.39 is 0 Å². The third-order valence-corrected chi connectivity index (χ3v) is 5.19. The molecule has 0 unspecified atom stereocenters. The molecule has 1 N–H and O–H groups in total. The molecule has 2 rings (SSSR count). The van der Waals surface area contributed by atoms with Crippen LogP contribution in [-0.4, -0.2) is 38.2 Å². The molecule has 0 bridgehead atoms. The van der Waals surface area contributed by atoms with Gasteiger partial charge in [-0.15, -0.1) is 4.68 Å². The first-order chi connectivity index (χ1) is 13.9. The number of hydrogen-bond donors (Lipinski definition) is 1. The van der Waals surface area contributed by atoms with Crippen LogP contribution in [0.2, 0.25) is 0 Å². The van der Waals surface area contributed by atoms with Crippen LogP contribution in [0.15, 0.2) is 28.4 Å². The monoisotopic (exact) mass is 415 g/mol. The second kappa shape index (κ2) is 10.5. The van der Waals surface area contributed by atoms with Crippen LogP contribution in [0.3, 0.4) is 0 Å². The lowest BCUT2D eigenvalue weighted by atomic mass is 10.2. The maximum atomic E-state index is 11.7. The second-order valence-electron chi connectivity index (χ2n) is 6.45. The maximum Gasteiger partial charge on any atom is 0.432 e. The number of rotatable bonds is 9. The summed E-state index contributed by atoms with van der Waals surface area (Å²) in [5.74, 6) is -0.171. The van der Waals surface area contributed by atoms with Gasteiger partial charge in [0.15, 0.2) is 0 Å². The fourth-order valence-electron chi connectivity index (χ4n) is 2.64. The van der Waals surface area contributed by atoms with Gasteiger partial charge in [-0.25, -0.2) is 0 Å². The average molecular weight is 416 g/mol.